The van der Waals surface area contributed by atoms with Crippen molar-refractivity contribution in [1.29, 1.82) is 0 Å². The van der Waals surface area contributed by atoms with Crippen molar-refractivity contribution in [3.63, 3.8) is 0 Å². The Morgan fingerprint density at radius 3 is 2.48 bits per heavy atom. The lowest BCUT2D eigenvalue weighted by Crippen LogP contribution is -2.46. The van der Waals surface area contributed by atoms with E-state index in [0.717, 1.165) is 19.4 Å². The van der Waals surface area contributed by atoms with Gasteiger partial charge in [-0.1, -0.05) is 43.5 Å². The van der Waals surface area contributed by atoms with Crippen molar-refractivity contribution in [2.24, 2.45) is 5.73 Å². The topological polar surface area (TPSA) is 61.5 Å². The molecule has 2 atom stereocenters. The number of nitrogens with two attached hydrogens (primary N) is 1. The molecule has 2 rings (SSSR count). The van der Waals surface area contributed by atoms with Gasteiger partial charge in [-0.3, -0.25) is 4.79 Å². The highest BCUT2D eigenvalue weighted by molar-refractivity contribution is 5.81. The highest BCUT2D eigenvalue weighted by atomic mass is 16.5. The third-order valence-electron chi connectivity index (χ3n) is 5.41. The van der Waals surface area contributed by atoms with Crippen molar-refractivity contribution in [3.05, 3.63) is 35.4 Å². The van der Waals surface area contributed by atoms with Gasteiger partial charge in [-0.25, -0.2) is 0 Å². The predicted octanol–water partition coefficient (Wildman–Crippen LogP) is 3.96. The van der Waals surface area contributed by atoms with E-state index in [-0.39, 0.29) is 5.97 Å². The summed E-state index contributed by atoms with van der Waals surface area (Å²) in [5, 5.41) is 0. The average molecular weight is 347 g/mol. The average Bonchev–Trinajstić information content (AvgIpc) is 3.04. The van der Waals surface area contributed by atoms with E-state index in [1.54, 1.807) is 7.11 Å². The van der Waals surface area contributed by atoms with E-state index in [1.807, 2.05) is 0 Å². The van der Waals surface area contributed by atoms with Gasteiger partial charge >= 0.3 is 5.97 Å². The highest BCUT2D eigenvalue weighted by Crippen LogP contribution is 2.40. The molecule has 0 heterocycles. The molecule has 1 aliphatic rings. The van der Waals surface area contributed by atoms with Gasteiger partial charge in [0.1, 0.15) is 5.54 Å². The summed E-state index contributed by atoms with van der Waals surface area (Å²) in [6, 6.07) is 8.88. The van der Waals surface area contributed by atoms with E-state index in [0.29, 0.717) is 18.8 Å². The molecule has 1 aromatic rings. The third-order valence-corrected chi connectivity index (χ3v) is 5.41. The molecule has 140 valence electrons. The summed E-state index contributed by atoms with van der Waals surface area (Å²) in [6.07, 6.45) is 9.71. The first-order valence-electron chi connectivity index (χ1n) is 9.54. The van der Waals surface area contributed by atoms with E-state index in [4.69, 9.17) is 15.2 Å². The zero-order valence-electron chi connectivity index (χ0n) is 15.8. The van der Waals surface area contributed by atoms with E-state index in [1.165, 1.54) is 50.3 Å². The molecule has 0 saturated heterocycles. The molecule has 1 aliphatic carbocycles. The van der Waals surface area contributed by atoms with Crippen LogP contribution in [0, 0.1) is 0 Å². The van der Waals surface area contributed by atoms with Crippen molar-refractivity contribution in [1.82, 2.24) is 0 Å². The van der Waals surface area contributed by atoms with Crippen LogP contribution in [0.15, 0.2) is 24.3 Å². The van der Waals surface area contributed by atoms with Crippen LogP contribution in [0.5, 0.6) is 0 Å². The summed E-state index contributed by atoms with van der Waals surface area (Å²) >= 11 is 0. The van der Waals surface area contributed by atoms with Gasteiger partial charge in [0.25, 0.3) is 0 Å². The van der Waals surface area contributed by atoms with Crippen LogP contribution in [0.3, 0.4) is 0 Å². The zero-order valence-corrected chi connectivity index (χ0v) is 15.8. The third kappa shape index (κ3) is 5.82. The molecule has 4 heteroatoms. The molecule has 25 heavy (non-hydrogen) atoms. The number of unbranched alkanes of at least 4 members (excludes halogenated alkanes) is 4. The van der Waals surface area contributed by atoms with Crippen LogP contribution in [0.4, 0.5) is 0 Å². The monoisotopic (exact) mass is 347 g/mol. The number of hydrogen-bond donors (Lipinski definition) is 1. The molecule has 1 aromatic carbocycles. The van der Waals surface area contributed by atoms with Crippen LogP contribution in [-0.2, 0) is 20.7 Å². The lowest BCUT2D eigenvalue weighted by atomic mass is 9.92. The van der Waals surface area contributed by atoms with E-state index >= 15 is 0 Å². The number of esters is 1. The van der Waals surface area contributed by atoms with Crippen molar-refractivity contribution >= 4 is 5.97 Å². The number of ether oxygens (including phenoxy) is 2. The maximum absolute atomic E-state index is 11.8. The van der Waals surface area contributed by atoms with Crippen molar-refractivity contribution in [2.75, 3.05) is 20.8 Å². The smallest absolute Gasteiger partial charge is 0.325 e. The van der Waals surface area contributed by atoms with Gasteiger partial charge < -0.3 is 15.2 Å². The first-order valence-corrected chi connectivity index (χ1v) is 9.54. The number of carbonyl (C=O) groups excluding carboxylic acids is 1. The van der Waals surface area contributed by atoms with Gasteiger partial charge in [-0.15, -0.1) is 0 Å². The van der Waals surface area contributed by atoms with Crippen LogP contribution in [-0.4, -0.2) is 32.3 Å². The number of methoxy groups -OCH3 is 2. The number of rotatable bonds is 10. The minimum Gasteiger partial charge on any atom is -0.468 e. The molecule has 0 bridgehead atoms. The molecule has 4 nitrogen and oxygen atoms in total. The predicted molar refractivity (Wildman–Crippen MR) is 101 cm³/mol. The Morgan fingerprint density at radius 2 is 1.80 bits per heavy atom. The van der Waals surface area contributed by atoms with Gasteiger partial charge in [-0.05, 0) is 55.6 Å². The van der Waals surface area contributed by atoms with Gasteiger partial charge in [0.2, 0.25) is 0 Å². The molecule has 0 unspecified atom stereocenters. The second-order valence-corrected chi connectivity index (χ2v) is 7.34. The molecule has 1 fully saturated rings. The molecule has 1 saturated carbocycles. The van der Waals surface area contributed by atoms with Crippen molar-refractivity contribution in [3.8, 4) is 0 Å². The SMILES string of the molecule is COCCCCCCCc1ccc([C@H]2CC[C@](N)(C(=O)OC)C2)cc1. The van der Waals surface area contributed by atoms with Crippen molar-refractivity contribution < 1.29 is 14.3 Å². The number of carbonyl (C=O) groups is 1. The van der Waals surface area contributed by atoms with Crippen LogP contribution >= 0.6 is 0 Å². The fourth-order valence-corrected chi connectivity index (χ4v) is 3.81. The number of hydrogen-bond acceptors (Lipinski definition) is 4. The molecule has 2 N–H and O–H groups in total. The molecular weight excluding hydrogens is 314 g/mol. The normalized spacial score (nSPS) is 22.9. The Morgan fingerprint density at radius 1 is 1.12 bits per heavy atom. The standard InChI is InChI=1S/C21H33NO3/c1-24-15-7-5-3-4-6-8-17-9-11-18(12-10-17)19-13-14-21(22,16-19)20(23)25-2/h9-12,19H,3-8,13-16,22H2,1-2H3/t19-,21+/m0/s1. The quantitative estimate of drug-likeness (QED) is 0.514. The lowest BCUT2D eigenvalue weighted by Gasteiger charge is -2.20. The maximum atomic E-state index is 11.8. The van der Waals surface area contributed by atoms with Crippen LogP contribution < -0.4 is 5.73 Å². The lowest BCUT2D eigenvalue weighted by molar-refractivity contribution is -0.146. The largest absolute Gasteiger partial charge is 0.468 e. The summed E-state index contributed by atoms with van der Waals surface area (Å²) in [5.41, 5.74) is 8.09. The van der Waals surface area contributed by atoms with Gasteiger partial charge in [0.15, 0.2) is 0 Å². The minimum absolute atomic E-state index is 0.280. The summed E-state index contributed by atoms with van der Waals surface area (Å²) in [7, 11) is 3.18. The molecule has 0 radical (unpaired) electrons. The number of aryl methyl sites for hydroxylation is 1. The molecule has 0 aromatic heterocycles. The fraction of sp³-hybridized carbons (Fsp3) is 0.667. The van der Waals surface area contributed by atoms with Crippen LogP contribution in [0.1, 0.15) is 68.4 Å². The van der Waals surface area contributed by atoms with Gasteiger partial charge in [0.05, 0.1) is 7.11 Å². The Labute approximate surface area is 152 Å². The van der Waals surface area contributed by atoms with E-state index in [2.05, 4.69) is 24.3 Å². The first-order chi connectivity index (χ1) is 12.1. The van der Waals surface area contributed by atoms with E-state index < -0.39 is 5.54 Å². The minimum atomic E-state index is -0.805. The van der Waals surface area contributed by atoms with Crippen LogP contribution in [0.2, 0.25) is 0 Å². The summed E-state index contributed by atoms with van der Waals surface area (Å²) in [4.78, 5) is 11.8. The molecule has 0 amide bonds. The summed E-state index contributed by atoms with van der Waals surface area (Å²) < 4.78 is 9.93. The zero-order chi connectivity index (χ0) is 18.1. The Balaban J connectivity index is 1.74. The molecular formula is C21H33NO3. The van der Waals surface area contributed by atoms with Crippen LogP contribution in [0.25, 0.3) is 0 Å². The first kappa shape index (κ1) is 19.9. The van der Waals surface area contributed by atoms with Gasteiger partial charge in [-0.2, -0.15) is 0 Å². The second kappa shape index (κ2) is 9.93. The fourth-order valence-electron chi connectivity index (χ4n) is 3.81. The molecule has 0 aliphatic heterocycles. The Hall–Kier alpha value is -1.39. The molecule has 0 spiro atoms. The highest BCUT2D eigenvalue weighted by Gasteiger charge is 2.43. The summed E-state index contributed by atoms with van der Waals surface area (Å²) in [5.74, 6) is 0.0797. The van der Waals surface area contributed by atoms with Gasteiger partial charge in [0, 0.05) is 13.7 Å². The van der Waals surface area contributed by atoms with E-state index in [9.17, 15) is 4.79 Å². The summed E-state index contributed by atoms with van der Waals surface area (Å²) in [6.45, 7) is 0.878. The maximum Gasteiger partial charge on any atom is 0.325 e. The second-order valence-electron chi connectivity index (χ2n) is 7.34. The van der Waals surface area contributed by atoms with Crippen molar-refractivity contribution in [2.45, 2.75) is 69.2 Å². The Bertz CT molecular complexity index is 528. The Kier molecular flexibility index (Phi) is 7.91. The number of benzene rings is 1.